The molecule has 0 aliphatic rings. The van der Waals surface area contributed by atoms with Crippen LogP contribution in [-0.2, 0) is 4.79 Å². The molecule has 2 heterocycles. The van der Waals surface area contributed by atoms with E-state index < -0.39 is 0 Å². The van der Waals surface area contributed by atoms with Crippen LogP contribution in [-0.4, -0.2) is 36.2 Å². The summed E-state index contributed by atoms with van der Waals surface area (Å²) in [5.74, 6) is 0.541. The van der Waals surface area contributed by atoms with Gasteiger partial charge >= 0.3 is 0 Å². The maximum atomic E-state index is 12.5. The second kappa shape index (κ2) is 8.96. The summed E-state index contributed by atoms with van der Waals surface area (Å²) >= 11 is 1.46. The van der Waals surface area contributed by atoms with E-state index in [9.17, 15) is 4.79 Å². The summed E-state index contributed by atoms with van der Waals surface area (Å²) in [4.78, 5) is 16.8. The van der Waals surface area contributed by atoms with Gasteiger partial charge in [0.05, 0.1) is 28.5 Å². The predicted octanol–water partition coefficient (Wildman–Crippen LogP) is 4.19. The largest absolute Gasteiger partial charge is 0.323 e. The van der Waals surface area contributed by atoms with Crippen LogP contribution in [0.4, 0.5) is 5.69 Å². The standard InChI is InChI=1S/C22H22N6OS/c1-16-21(17(2)28(25-16)19-11-7-4-8-12-19)24-20(29)13-14-30-22-23-15-27(26-22)18-9-5-3-6-10-18/h3-12,15H,13-14H2,1-2H3,(H,24,29). The number of thioether (sulfide) groups is 1. The van der Waals surface area contributed by atoms with Gasteiger partial charge < -0.3 is 5.32 Å². The monoisotopic (exact) mass is 418 g/mol. The lowest BCUT2D eigenvalue weighted by Crippen LogP contribution is -2.13. The first-order chi connectivity index (χ1) is 14.6. The van der Waals surface area contributed by atoms with Gasteiger partial charge in [0.25, 0.3) is 0 Å². The number of aryl methyl sites for hydroxylation is 1. The molecule has 2 aromatic heterocycles. The third-order valence-corrected chi connectivity index (χ3v) is 5.46. The lowest BCUT2D eigenvalue weighted by molar-refractivity contribution is -0.115. The van der Waals surface area contributed by atoms with Crippen LogP contribution < -0.4 is 5.32 Å². The van der Waals surface area contributed by atoms with Crippen molar-refractivity contribution >= 4 is 23.4 Å². The van der Waals surface area contributed by atoms with Crippen LogP contribution in [0, 0.1) is 13.8 Å². The van der Waals surface area contributed by atoms with Crippen LogP contribution in [0.3, 0.4) is 0 Å². The van der Waals surface area contributed by atoms with Crippen molar-refractivity contribution in [1.82, 2.24) is 24.5 Å². The van der Waals surface area contributed by atoms with E-state index in [1.165, 1.54) is 11.8 Å². The van der Waals surface area contributed by atoms with Crippen molar-refractivity contribution in [1.29, 1.82) is 0 Å². The number of anilines is 1. The summed E-state index contributed by atoms with van der Waals surface area (Å²) in [6, 6.07) is 19.7. The van der Waals surface area contributed by atoms with E-state index in [1.54, 1.807) is 11.0 Å². The third-order valence-electron chi connectivity index (χ3n) is 4.61. The average molecular weight is 419 g/mol. The van der Waals surface area contributed by atoms with Crippen molar-refractivity contribution in [2.24, 2.45) is 0 Å². The van der Waals surface area contributed by atoms with Crippen molar-refractivity contribution in [3.8, 4) is 11.4 Å². The Kier molecular flexibility index (Phi) is 5.94. The second-order valence-electron chi connectivity index (χ2n) is 6.75. The normalized spacial score (nSPS) is 10.9. The van der Waals surface area contributed by atoms with E-state index in [1.807, 2.05) is 79.2 Å². The fraction of sp³-hybridized carbons (Fsp3) is 0.182. The molecule has 0 unspecified atom stereocenters. The highest BCUT2D eigenvalue weighted by molar-refractivity contribution is 7.99. The fourth-order valence-corrected chi connectivity index (χ4v) is 3.84. The molecule has 8 heteroatoms. The van der Waals surface area contributed by atoms with Gasteiger partial charge in [0.2, 0.25) is 11.1 Å². The number of rotatable bonds is 7. The molecular weight excluding hydrogens is 396 g/mol. The highest BCUT2D eigenvalue weighted by atomic mass is 32.2. The SMILES string of the molecule is Cc1nn(-c2ccccc2)c(C)c1NC(=O)CCSc1ncn(-c2ccccc2)n1. The Morgan fingerprint density at radius 2 is 1.63 bits per heavy atom. The number of carbonyl (C=O) groups is 1. The molecule has 0 radical (unpaired) electrons. The first-order valence-electron chi connectivity index (χ1n) is 9.63. The van der Waals surface area contributed by atoms with E-state index in [0.717, 1.165) is 28.5 Å². The number of nitrogens with one attached hydrogen (secondary N) is 1. The Morgan fingerprint density at radius 1 is 0.967 bits per heavy atom. The molecule has 2 aromatic carbocycles. The van der Waals surface area contributed by atoms with Gasteiger partial charge in [-0.05, 0) is 38.1 Å². The van der Waals surface area contributed by atoms with E-state index in [4.69, 9.17) is 0 Å². The Hall–Kier alpha value is -3.39. The summed E-state index contributed by atoms with van der Waals surface area (Å²) < 4.78 is 3.58. The maximum absolute atomic E-state index is 12.5. The predicted molar refractivity (Wildman–Crippen MR) is 118 cm³/mol. The zero-order chi connectivity index (χ0) is 20.9. The maximum Gasteiger partial charge on any atom is 0.225 e. The number of benzene rings is 2. The van der Waals surface area contributed by atoms with Crippen molar-refractivity contribution in [3.63, 3.8) is 0 Å². The summed E-state index contributed by atoms with van der Waals surface area (Å²) in [6.45, 7) is 3.86. The molecule has 30 heavy (non-hydrogen) atoms. The summed E-state index contributed by atoms with van der Waals surface area (Å²) in [7, 11) is 0. The number of amides is 1. The summed E-state index contributed by atoms with van der Waals surface area (Å²) in [6.07, 6.45) is 2.04. The van der Waals surface area contributed by atoms with Gasteiger partial charge in [-0.15, -0.1) is 5.10 Å². The molecule has 1 N–H and O–H groups in total. The number of nitrogens with zero attached hydrogens (tertiary/aromatic N) is 5. The average Bonchev–Trinajstić information content (AvgIpc) is 3.35. The van der Waals surface area contributed by atoms with Gasteiger partial charge in [-0.3, -0.25) is 4.79 Å². The molecule has 0 fully saturated rings. The first kappa shape index (κ1) is 19.9. The van der Waals surface area contributed by atoms with Crippen LogP contribution in [0.1, 0.15) is 17.8 Å². The van der Waals surface area contributed by atoms with E-state index >= 15 is 0 Å². The molecule has 0 aliphatic heterocycles. The Bertz CT molecular complexity index is 1140. The number of hydrogen-bond donors (Lipinski definition) is 1. The van der Waals surface area contributed by atoms with Gasteiger partial charge in [0, 0.05) is 12.2 Å². The molecule has 1 amide bonds. The molecule has 0 bridgehead atoms. The molecule has 4 aromatic rings. The third kappa shape index (κ3) is 4.44. The zero-order valence-electron chi connectivity index (χ0n) is 16.8. The number of para-hydroxylation sites is 2. The molecule has 0 atom stereocenters. The van der Waals surface area contributed by atoms with Gasteiger partial charge in [-0.2, -0.15) is 5.10 Å². The van der Waals surface area contributed by atoms with Gasteiger partial charge in [-0.25, -0.2) is 14.3 Å². The molecule has 0 aliphatic carbocycles. The first-order valence-corrected chi connectivity index (χ1v) is 10.6. The summed E-state index contributed by atoms with van der Waals surface area (Å²) in [5.41, 5.74) is 4.38. The molecule has 0 spiro atoms. The van der Waals surface area contributed by atoms with Crippen LogP contribution >= 0.6 is 11.8 Å². The summed E-state index contributed by atoms with van der Waals surface area (Å²) in [5, 5.41) is 12.7. The second-order valence-corrected chi connectivity index (χ2v) is 7.81. The molecule has 0 saturated heterocycles. The molecule has 152 valence electrons. The van der Waals surface area contributed by atoms with Crippen molar-refractivity contribution < 1.29 is 4.79 Å². The van der Waals surface area contributed by atoms with E-state index in [-0.39, 0.29) is 5.91 Å². The fourth-order valence-electron chi connectivity index (χ4n) is 3.10. The minimum atomic E-state index is -0.0520. The number of aromatic nitrogens is 5. The lowest BCUT2D eigenvalue weighted by Gasteiger charge is -2.07. The van der Waals surface area contributed by atoms with Gasteiger partial charge in [0.15, 0.2) is 0 Å². The van der Waals surface area contributed by atoms with Crippen molar-refractivity contribution in [2.75, 3.05) is 11.1 Å². The number of hydrogen-bond acceptors (Lipinski definition) is 5. The zero-order valence-corrected chi connectivity index (χ0v) is 17.6. The highest BCUT2D eigenvalue weighted by Gasteiger charge is 2.15. The Labute approximate surface area is 179 Å². The van der Waals surface area contributed by atoms with Crippen LogP contribution in [0.5, 0.6) is 0 Å². The highest BCUT2D eigenvalue weighted by Crippen LogP contribution is 2.23. The molecule has 4 rings (SSSR count). The minimum absolute atomic E-state index is 0.0520. The molecular formula is C22H22N6OS. The molecule has 7 nitrogen and oxygen atoms in total. The smallest absolute Gasteiger partial charge is 0.225 e. The van der Waals surface area contributed by atoms with Crippen LogP contribution in [0.2, 0.25) is 0 Å². The number of carbonyl (C=O) groups excluding carboxylic acids is 1. The van der Waals surface area contributed by atoms with Crippen molar-refractivity contribution in [2.45, 2.75) is 25.4 Å². The van der Waals surface area contributed by atoms with E-state index in [0.29, 0.717) is 17.3 Å². The van der Waals surface area contributed by atoms with Crippen LogP contribution in [0.15, 0.2) is 72.1 Å². The van der Waals surface area contributed by atoms with Crippen LogP contribution in [0.25, 0.3) is 11.4 Å². The lowest BCUT2D eigenvalue weighted by atomic mass is 10.3. The minimum Gasteiger partial charge on any atom is -0.323 e. The van der Waals surface area contributed by atoms with Gasteiger partial charge in [0.1, 0.15) is 6.33 Å². The van der Waals surface area contributed by atoms with Gasteiger partial charge in [-0.1, -0.05) is 48.2 Å². The topological polar surface area (TPSA) is 77.6 Å². The quantitative estimate of drug-likeness (QED) is 0.455. The Morgan fingerprint density at radius 3 is 2.33 bits per heavy atom. The van der Waals surface area contributed by atoms with E-state index in [2.05, 4.69) is 20.5 Å². The van der Waals surface area contributed by atoms with Crippen molar-refractivity contribution in [3.05, 3.63) is 78.4 Å². The molecule has 0 saturated carbocycles. The Balaban J connectivity index is 1.34.